The fourth-order valence-corrected chi connectivity index (χ4v) is 3.53. The molecule has 0 spiro atoms. The number of hydrogen-bond acceptors (Lipinski definition) is 8. The van der Waals surface area contributed by atoms with Gasteiger partial charge in [0.2, 0.25) is 5.75 Å². The van der Waals surface area contributed by atoms with Gasteiger partial charge in [0.15, 0.2) is 17.1 Å². The third kappa shape index (κ3) is 3.76. The zero-order valence-corrected chi connectivity index (χ0v) is 17.8. The summed E-state index contributed by atoms with van der Waals surface area (Å²) in [6.07, 6.45) is 0. The predicted octanol–water partition coefficient (Wildman–Crippen LogP) is 3.92. The van der Waals surface area contributed by atoms with Crippen molar-refractivity contribution in [2.24, 2.45) is 0 Å². The van der Waals surface area contributed by atoms with E-state index in [0.717, 1.165) is 0 Å². The molecule has 0 saturated heterocycles. The highest BCUT2D eigenvalue weighted by Crippen LogP contribution is 2.41. The molecule has 2 N–H and O–H groups in total. The van der Waals surface area contributed by atoms with E-state index in [4.69, 9.17) is 14.2 Å². The number of nitro benzene ring substituents is 1. The summed E-state index contributed by atoms with van der Waals surface area (Å²) in [5.41, 5.74) is 1.85. The van der Waals surface area contributed by atoms with Gasteiger partial charge in [0.05, 0.1) is 48.6 Å². The van der Waals surface area contributed by atoms with Gasteiger partial charge in [0.1, 0.15) is 0 Å². The average molecular weight is 450 g/mol. The number of carboxylic acids is 1. The number of carboxylic acid groups (broad SMARTS) is 1. The summed E-state index contributed by atoms with van der Waals surface area (Å²) in [4.78, 5) is 27.1. The summed E-state index contributed by atoms with van der Waals surface area (Å²) in [5, 5.41) is 28.1. The van der Waals surface area contributed by atoms with Crippen LogP contribution in [0.3, 0.4) is 0 Å². The third-order valence-corrected chi connectivity index (χ3v) is 5.08. The molecule has 0 amide bonds. The first-order valence-corrected chi connectivity index (χ1v) is 9.55. The van der Waals surface area contributed by atoms with Crippen LogP contribution < -0.4 is 14.2 Å². The summed E-state index contributed by atoms with van der Waals surface area (Å²) in [6.45, 7) is 0. The minimum atomic E-state index is -1.18. The van der Waals surface area contributed by atoms with Gasteiger partial charge in [-0.3, -0.25) is 15.2 Å². The second kappa shape index (κ2) is 8.46. The average Bonchev–Trinajstić information content (AvgIpc) is 3.26. The van der Waals surface area contributed by atoms with Crippen molar-refractivity contribution in [2.75, 3.05) is 21.3 Å². The number of H-pyrrole nitrogens is 1. The minimum absolute atomic E-state index is 0.0362. The van der Waals surface area contributed by atoms with E-state index >= 15 is 0 Å². The number of fused-ring (bicyclic) bond motifs is 1. The molecule has 0 saturated carbocycles. The van der Waals surface area contributed by atoms with Crippen LogP contribution in [0.2, 0.25) is 0 Å². The van der Waals surface area contributed by atoms with Crippen LogP contribution in [0.1, 0.15) is 10.4 Å². The standard InChI is InChI=1S/C22H18N4O7/c1-31-16-8-12(9-17(32-2)20(16)33-3)15-10-14(22(27)28)18-19(24-25-21(18)23-15)11-4-6-13(7-5-11)26(29)30/h4-10H,1-3H3,(H,27,28)(H,23,24,25). The molecule has 2 heterocycles. The fraction of sp³-hybridized carbons (Fsp3) is 0.136. The molecule has 0 unspecified atom stereocenters. The van der Waals surface area contributed by atoms with Crippen molar-refractivity contribution in [3.05, 3.63) is 58.1 Å². The molecule has 33 heavy (non-hydrogen) atoms. The minimum Gasteiger partial charge on any atom is -0.493 e. The third-order valence-electron chi connectivity index (χ3n) is 5.08. The first-order valence-electron chi connectivity index (χ1n) is 9.55. The van der Waals surface area contributed by atoms with E-state index in [1.165, 1.54) is 51.7 Å². The molecular formula is C22H18N4O7. The molecular weight excluding hydrogens is 432 g/mol. The number of rotatable bonds is 7. The Kier molecular flexibility index (Phi) is 5.53. The number of aromatic nitrogens is 3. The summed E-state index contributed by atoms with van der Waals surface area (Å²) >= 11 is 0. The lowest BCUT2D eigenvalue weighted by Crippen LogP contribution is -2.01. The Hall–Kier alpha value is -4.67. The summed E-state index contributed by atoms with van der Waals surface area (Å²) in [5.74, 6) is -0.0115. The summed E-state index contributed by atoms with van der Waals surface area (Å²) in [6, 6.07) is 10.4. The number of hydrogen-bond donors (Lipinski definition) is 2. The number of ether oxygens (including phenoxy) is 3. The number of benzene rings is 2. The molecule has 0 atom stereocenters. The molecule has 0 aliphatic carbocycles. The van der Waals surface area contributed by atoms with Gasteiger partial charge in [-0.2, -0.15) is 5.10 Å². The molecule has 11 nitrogen and oxygen atoms in total. The van der Waals surface area contributed by atoms with E-state index in [-0.39, 0.29) is 22.3 Å². The van der Waals surface area contributed by atoms with Crippen molar-refractivity contribution in [2.45, 2.75) is 0 Å². The normalized spacial score (nSPS) is 10.8. The summed E-state index contributed by atoms with van der Waals surface area (Å²) in [7, 11) is 4.44. The van der Waals surface area contributed by atoms with Crippen molar-refractivity contribution in [3.8, 4) is 39.8 Å². The van der Waals surface area contributed by atoms with E-state index in [1.54, 1.807) is 12.1 Å². The maximum Gasteiger partial charge on any atom is 0.336 e. The smallest absolute Gasteiger partial charge is 0.336 e. The van der Waals surface area contributed by atoms with Crippen molar-refractivity contribution >= 4 is 22.7 Å². The molecule has 2 aromatic heterocycles. The summed E-state index contributed by atoms with van der Waals surface area (Å²) < 4.78 is 16.1. The van der Waals surface area contributed by atoms with Crippen LogP contribution in [0.4, 0.5) is 5.69 Å². The zero-order valence-electron chi connectivity index (χ0n) is 17.8. The number of aromatic carboxylic acids is 1. The van der Waals surface area contributed by atoms with E-state index < -0.39 is 10.9 Å². The number of non-ortho nitro benzene ring substituents is 1. The molecule has 168 valence electrons. The van der Waals surface area contributed by atoms with Crippen molar-refractivity contribution in [1.82, 2.24) is 15.2 Å². The number of nitro groups is 1. The highest BCUT2D eigenvalue weighted by molar-refractivity contribution is 6.08. The van der Waals surface area contributed by atoms with Gasteiger partial charge in [0.25, 0.3) is 5.69 Å². The monoisotopic (exact) mass is 450 g/mol. The topological polar surface area (TPSA) is 150 Å². The molecule has 0 aliphatic rings. The number of methoxy groups -OCH3 is 3. The van der Waals surface area contributed by atoms with Crippen LogP contribution >= 0.6 is 0 Å². The van der Waals surface area contributed by atoms with E-state index in [0.29, 0.717) is 39.8 Å². The van der Waals surface area contributed by atoms with E-state index in [2.05, 4.69) is 15.2 Å². The number of nitrogens with zero attached hydrogens (tertiary/aromatic N) is 3. The Balaban J connectivity index is 1.91. The number of nitrogens with one attached hydrogen (secondary N) is 1. The number of carbonyl (C=O) groups is 1. The molecule has 11 heteroatoms. The molecule has 0 bridgehead atoms. The molecule has 4 rings (SSSR count). The highest BCUT2D eigenvalue weighted by atomic mass is 16.6. The lowest BCUT2D eigenvalue weighted by atomic mass is 10.0. The Bertz CT molecular complexity index is 1350. The lowest BCUT2D eigenvalue weighted by Gasteiger charge is -2.14. The highest BCUT2D eigenvalue weighted by Gasteiger charge is 2.22. The van der Waals surface area contributed by atoms with Crippen LogP contribution in [0.15, 0.2) is 42.5 Å². The predicted molar refractivity (Wildman–Crippen MR) is 118 cm³/mol. The SMILES string of the molecule is COc1cc(-c2cc(C(=O)O)c3c(-c4ccc([N+](=O)[O-])cc4)[nH]nc3n2)cc(OC)c1OC. The first-order chi connectivity index (χ1) is 15.9. The second-order valence-electron chi connectivity index (χ2n) is 6.88. The molecule has 4 aromatic rings. The van der Waals surface area contributed by atoms with E-state index in [9.17, 15) is 20.0 Å². The van der Waals surface area contributed by atoms with Crippen LogP contribution in [-0.4, -0.2) is 52.5 Å². The maximum atomic E-state index is 12.1. The molecule has 2 aromatic carbocycles. The zero-order chi connectivity index (χ0) is 23.7. The van der Waals surface area contributed by atoms with Crippen LogP contribution in [0, 0.1) is 10.1 Å². The second-order valence-corrected chi connectivity index (χ2v) is 6.88. The van der Waals surface area contributed by atoms with Gasteiger partial charge in [-0.05, 0) is 30.3 Å². The first kappa shape index (κ1) is 21.6. The Morgan fingerprint density at radius 3 is 2.15 bits per heavy atom. The van der Waals surface area contributed by atoms with Crippen LogP contribution in [0.5, 0.6) is 17.2 Å². The fourth-order valence-electron chi connectivity index (χ4n) is 3.53. The molecule has 0 radical (unpaired) electrons. The maximum absolute atomic E-state index is 12.1. The van der Waals surface area contributed by atoms with Crippen molar-refractivity contribution < 1.29 is 29.0 Å². The van der Waals surface area contributed by atoms with Gasteiger partial charge in [-0.25, -0.2) is 9.78 Å². The van der Waals surface area contributed by atoms with Gasteiger partial charge >= 0.3 is 5.97 Å². The van der Waals surface area contributed by atoms with Gasteiger partial charge in [-0.15, -0.1) is 0 Å². The van der Waals surface area contributed by atoms with E-state index in [1.807, 2.05) is 0 Å². The van der Waals surface area contributed by atoms with Crippen molar-refractivity contribution in [1.29, 1.82) is 0 Å². The van der Waals surface area contributed by atoms with Crippen LogP contribution in [-0.2, 0) is 0 Å². The number of pyridine rings is 1. The number of aromatic amines is 1. The lowest BCUT2D eigenvalue weighted by molar-refractivity contribution is -0.384. The van der Waals surface area contributed by atoms with Crippen LogP contribution in [0.25, 0.3) is 33.5 Å². The molecule has 0 aliphatic heterocycles. The Labute approximate surface area is 186 Å². The Morgan fingerprint density at radius 2 is 1.64 bits per heavy atom. The van der Waals surface area contributed by atoms with Gasteiger partial charge < -0.3 is 19.3 Å². The largest absolute Gasteiger partial charge is 0.493 e. The molecule has 0 fully saturated rings. The van der Waals surface area contributed by atoms with Crippen molar-refractivity contribution in [3.63, 3.8) is 0 Å². The van der Waals surface area contributed by atoms with Gasteiger partial charge in [-0.1, -0.05) is 0 Å². The Morgan fingerprint density at radius 1 is 1.00 bits per heavy atom. The van der Waals surface area contributed by atoms with Gasteiger partial charge in [0, 0.05) is 23.3 Å². The quantitative estimate of drug-likeness (QED) is 0.315.